The van der Waals surface area contributed by atoms with Crippen LogP contribution in [0.25, 0.3) is 0 Å². The number of carboxylic acid groups (broad SMARTS) is 2. The molecule has 0 saturated carbocycles. The Kier molecular flexibility index (Phi) is 7.47. The van der Waals surface area contributed by atoms with Gasteiger partial charge in [0.2, 0.25) is 0 Å². The number of aliphatic hydroxyl groups excluding tert-OH is 2. The molecule has 0 amide bonds. The maximum absolute atomic E-state index is 9.77. The van der Waals surface area contributed by atoms with Crippen molar-refractivity contribution in [3.63, 3.8) is 0 Å². The molecule has 1 rings (SSSR count). The van der Waals surface area contributed by atoms with Gasteiger partial charge in [0.1, 0.15) is 0 Å². The molecule has 2 atom stereocenters. The van der Waals surface area contributed by atoms with Gasteiger partial charge in [0.25, 0.3) is 0 Å². The van der Waals surface area contributed by atoms with Gasteiger partial charge in [0.05, 0.1) is 0 Å². The van der Waals surface area contributed by atoms with Crippen LogP contribution in [0.1, 0.15) is 53.9 Å². The third-order valence-electron chi connectivity index (χ3n) is 4.16. The highest BCUT2D eigenvalue weighted by Crippen LogP contribution is 2.37. The quantitative estimate of drug-likeness (QED) is 0.608. The minimum Gasteiger partial charge on any atom is -0.479 e. The monoisotopic (exact) mass is 319 g/mol. The summed E-state index contributed by atoms with van der Waals surface area (Å²) in [7, 11) is 0. The number of nitrogens with zero attached hydrogens (tertiary/aromatic N) is 1. The number of likely N-dealkylation sites (tertiary alicyclic amines) is 1. The zero-order valence-electron chi connectivity index (χ0n) is 14.0. The lowest BCUT2D eigenvalue weighted by Crippen LogP contribution is -2.58. The van der Waals surface area contributed by atoms with Crippen LogP contribution in [0.4, 0.5) is 0 Å². The van der Waals surface area contributed by atoms with Gasteiger partial charge in [0.15, 0.2) is 12.2 Å². The minimum absolute atomic E-state index is 0.413. The number of aliphatic hydroxyl groups is 2. The van der Waals surface area contributed by atoms with E-state index in [2.05, 4.69) is 39.5 Å². The van der Waals surface area contributed by atoms with E-state index in [1.54, 1.807) is 0 Å². The largest absolute Gasteiger partial charge is 0.479 e. The summed E-state index contributed by atoms with van der Waals surface area (Å²) in [5.74, 6) is -3.54. The Bertz CT molecular complexity index is 359. The molecule has 7 heteroatoms. The van der Waals surface area contributed by atoms with Crippen LogP contribution in [0.3, 0.4) is 0 Å². The van der Waals surface area contributed by atoms with Crippen molar-refractivity contribution in [3.8, 4) is 0 Å². The van der Waals surface area contributed by atoms with Gasteiger partial charge in [-0.05, 0) is 53.5 Å². The maximum atomic E-state index is 9.77. The predicted octanol–water partition coefficient (Wildman–Crippen LogP) is 0.927. The summed E-state index contributed by atoms with van der Waals surface area (Å²) in [6.45, 7) is 12.9. The zero-order chi connectivity index (χ0) is 17.7. The van der Waals surface area contributed by atoms with Crippen LogP contribution in [0.15, 0.2) is 0 Å². The van der Waals surface area contributed by atoms with Crippen molar-refractivity contribution >= 4 is 11.9 Å². The SMILES string of the molecule is CCN1C(C)(C)CCCC1(C)C.O=C(O)C(O)C(O)C(=O)O. The minimum atomic E-state index is -2.27. The van der Waals surface area contributed by atoms with Crippen molar-refractivity contribution in [1.29, 1.82) is 0 Å². The van der Waals surface area contributed by atoms with Crippen LogP contribution in [0, 0.1) is 0 Å². The van der Waals surface area contributed by atoms with Crippen molar-refractivity contribution in [2.45, 2.75) is 77.2 Å². The smallest absolute Gasteiger partial charge is 0.335 e. The normalized spacial score (nSPS) is 22.9. The maximum Gasteiger partial charge on any atom is 0.335 e. The summed E-state index contributed by atoms with van der Waals surface area (Å²) in [5.41, 5.74) is 0.826. The van der Waals surface area contributed by atoms with Crippen LogP contribution in [-0.2, 0) is 9.59 Å². The highest BCUT2D eigenvalue weighted by molar-refractivity contribution is 5.83. The van der Waals surface area contributed by atoms with Crippen molar-refractivity contribution < 1.29 is 30.0 Å². The molecule has 0 spiro atoms. The second-order valence-electron chi connectivity index (χ2n) is 6.79. The van der Waals surface area contributed by atoms with E-state index in [9.17, 15) is 9.59 Å². The molecular weight excluding hydrogens is 290 g/mol. The Labute approximate surface area is 131 Å². The third kappa shape index (κ3) is 5.55. The van der Waals surface area contributed by atoms with Crippen molar-refractivity contribution in [2.75, 3.05) is 6.54 Å². The number of piperidine rings is 1. The predicted molar refractivity (Wildman–Crippen MR) is 81.7 cm³/mol. The summed E-state index contributed by atoms with van der Waals surface area (Å²) in [6.07, 6.45) is -0.444. The van der Waals surface area contributed by atoms with Crippen molar-refractivity contribution in [1.82, 2.24) is 4.90 Å². The summed E-state index contributed by atoms with van der Waals surface area (Å²) < 4.78 is 0. The average Bonchev–Trinajstić information content (AvgIpc) is 2.35. The van der Waals surface area contributed by atoms with Gasteiger partial charge in [-0.1, -0.05) is 6.92 Å². The van der Waals surface area contributed by atoms with Gasteiger partial charge >= 0.3 is 11.9 Å². The van der Waals surface area contributed by atoms with E-state index in [4.69, 9.17) is 20.4 Å². The van der Waals surface area contributed by atoms with Crippen LogP contribution in [0.2, 0.25) is 0 Å². The Balaban J connectivity index is 0.000000409. The number of carbonyl (C=O) groups is 2. The molecule has 1 fully saturated rings. The molecule has 1 saturated heterocycles. The standard InChI is InChI=1S/C11H23N.C4H6O6/c1-6-12-10(2,3)8-7-9-11(12,4)5;5-1(3(7)8)2(6)4(9)10/h6-9H2,1-5H3;1-2,5-6H,(H,7,8)(H,9,10). The van der Waals surface area contributed by atoms with E-state index < -0.39 is 24.1 Å². The van der Waals surface area contributed by atoms with E-state index in [0.29, 0.717) is 11.1 Å². The third-order valence-corrected chi connectivity index (χ3v) is 4.16. The van der Waals surface area contributed by atoms with Gasteiger partial charge < -0.3 is 20.4 Å². The molecule has 0 aromatic heterocycles. The van der Waals surface area contributed by atoms with Gasteiger partial charge in [-0.2, -0.15) is 0 Å². The van der Waals surface area contributed by atoms with E-state index in [-0.39, 0.29) is 0 Å². The molecule has 1 aliphatic rings. The van der Waals surface area contributed by atoms with E-state index in [1.807, 2.05) is 0 Å². The first-order valence-corrected chi connectivity index (χ1v) is 7.46. The molecule has 0 radical (unpaired) electrons. The summed E-state index contributed by atoms with van der Waals surface area (Å²) >= 11 is 0. The van der Waals surface area contributed by atoms with E-state index in [0.717, 1.165) is 0 Å². The van der Waals surface area contributed by atoms with Gasteiger partial charge in [-0.3, -0.25) is 4.90 Å². The first-order chi connectivity index (χ1) is 9.86. The molecule has 1 aliphatic heterocycles. The van der Waals surface area contributed by atoms with E-state index in [1.165, 1.54) is 25.8 Å². The average molecular weight is 319 g/mol. The number of rotatable bonds is 4. The second-order valence-corrected chi connectivity index (χ2v) is 6.79. The molecular formula is C15H29NO6. The first kappa shape index (κ1) is 20.8. The second kappa shape index (κ2) is 7.89. The molecule has 1 heterocycles. The van der Waals surface area contributed by atoms with Gasteiger partial charge in [-0.15, -0.1) is 0 Å². The Morgan fingerprint density at radius 1 is 0.955 bits per heavy atom. The van der Waals surface area contributed by atoms with Crippen molar-refractivity contribution in [2.24, 2.45) is 0 Å². The fraction of sp³-hybridized carbons (Fsp3) is 0.867. The highest BCUT2D eigenvalue weighted by Gasteiger charge is 2.39. The summed E-state index contributed by atoms with van der Waals surface area (Å²) in [4.78, 5) is 22.2. The van der Waals surface area contributed by atoms with Crippen LogP contribution in [-0.4, -0.2) is 67.1 Å². The van der Waals surface area contributed by atoms with Gasteiger partial charge in [0, 0.05) is 11.1 Å². The molecule has 0 bridgehead atoms. The molecule has 0 aliphatic carbocycles. The first-order valence-electron chi connectivity index (χ1n) is 7.46. The summed E-state index contributed by atoms with van der Waals surface area (Å²) in [6, 6.07) is 0. The Morgan fingerprint density at radius 3 is 1.45 bits per heavy atom. The van der Waals surface area contributed by atoms with E-state index >= 15 is 0 Å². The summed E-state index contributed by atoms with van der Waals surface area (Å²) in [5, 5.41) is 32.5. The highest BCUT2D eigenvalue weighted by atomic mass is 16.4. The molecule has 130 valence electrons. The fourth-order valence-corrected chi connectivity index (χ4v) is 3.17. The lowest BCUT2D eigenvalue weighted by molar-refractivity contribution is -0.165. The Morgan fingerprint density at radius 2 is 1.27 bits per heavy atom. The molecule has 0 aromatic rings. The topological polar surface area (TPSA) is 118 Å². The number of hydrogen-bond acceptors (Lipinski definition) is 5. The number of carboxylic acids is 2. The van der Waals surface area contributed by atoms with Crippen LogP contribution >= 0.6 is 0 Å². The molecule has 0 aromatic carbocycles. The molecule has 7 nitrogen and oxygen atoms in total. The molecule has 22 heavy (non-hydrogen) atoms. The van der Waals surface area contributed by atoms with Crippen molar-refractivity contribution in [3.05, 3.63) is 0 Å². The molecule has 2 unspecified atom stereocenters. The van der Waals surface area contributed by atoms with Crippen LogP contribution < -0.4 is 0 Å². The number of aliphatic carboxylic acids is 2. The lowest BCUT2D eigenvalue weighted by atomic mass is 9.80. The van der Waals surface area contributed by atoms with Crippen LogP contribution in [0.5, 0.6) is 0 Å². The molecule has 4 N–H and O–H groups in total. The lowest BCUT2D eigenvalue weighted by Gasteiger charge is -2.52. The fourth-order valence-electron chi connectivity index (χ4n) is 3.17. The number of hydrogen-bond donors (Lipinski definition) is 4. The zero-order valence-corrected chi connectivity index (χ0v) is 14.0. The van der Waals surface area contributed by atoms with Gasteiger partial charge in [-0.25, -0.2) is 9.59 Å². The Hall–Kier alpha value is -1.18.